The van der Waals surface area contributed by atoms with Crippen molar-refractivity contribution in [2.45, 2.75) is 38.1 Å². The highest BCUT2D eigenvalue weighted by Gasteiger charge is 2.57. The number of hydrogen-bond acceptors (Lipinski definition) is 4. The van der Waals surface area contributed by atoms with Crippen molar-refractivity contribution in [3.63, 3.8) is 0 Å². The van der Waals surface area contributed by atoms with Gasteiger partial charge in [0.05, 0.1) is 12.1 Å². The maximum Gasteiger partial charge on any atom is 0.406 e. The Morgan fingerprint density at radius 3 is 2.60 bits per heavy atom. The number of aliphatic carboxylic acids is 1. The van der Waals surface area contributed by atoms with Gasteiger partial charge >= 0.3 is 12.1 Å². The zero-order valence-corrected chi connectivity index (χ0v) is 11.5. The van der Waals surface area contributed by atoms with Gasteiger partial charge in [-0.3, -0.25) is 15.1 Å². The van der Waals surface area contributed by atoms with Crippen LogP contribution in [0.1, 0.15) is 19.8 Å². The Labute approximate surface area is 115 Å². The van der Waals surface area contributed by atoms with E-state index in [1.54, 1.807) is 7.05 Å². The van der Waals surface area contributed by atoms with Crippen LogP contribution in [-0.4, -0.2) is 59.5 Å². The Balaban J connectivity index is 2.23. The molecule has 5 nitrogen and oxygen atoms in total. The Morgan fingerprint density at radius 1 is 1.40 bits per heavy atom. The smallest absolute Gasteiger partial charge is 0.406 e. The van der Waals surface area contributed by atoms with Crippen LogP contribution in [0.2, 0.25) is 0 Å². The molecule has 116 valence electrons. The summed E-state index contributed by atoms with van der Waals surface area (Å²) in [5.41, 5.74) is 2.66. The number of carboxylic acid groups (broad SMARTS) is 1. The number of nitrogens with one attached hydrogen (secondary N) is 1. The molecule has 2 fully saturated rings. The fourth-order valence-electron chi connectivity index (χ4n) is 3.06. The molecule has 2 aliphatic rings. The van der Waals surface area contributed by atoms with Gasteiger partial charge in [0.25, 0.3) is 0 Å². The number of hydrogen-bond donors (Lipinski definition) is 2. The second-order valence-corrected chi connectivity index (χ2v) is 5.79. The number of likely N-dealkylation sites (tertiary alicyclic amines) is 1. The quantitative estimate of drug-likeness (QED) is 0.800. The second-order valence-electron chi connectivity index (χ2n) is 5.79. The van der Waals surface area contributed by atoms with Crippen LogP contribution in [0.25, 0.3) is 0 Å². The third-order valence-electron chi connectivity index (χ3n) is 4.24. The van der Waals surface area contributed by atoms with Crippen molar-refractivity contribution in [2.75, 3.05) is 20.1 Å². The molecule has 0 aromatic carbocycles. The number of nitrogens with zero attached hydrogens (tertiary/aromatic N) is 2. The summed E-state index contributed by atoms with van der Waals surface area (Å²) in [6.07, 6.45) is -3.44. The van der Waals surface area contributed by atoms with Gasteiger partial charge in [-0.1, -0.05) is 6.92 Å². The Bertz CT molecular complexity index is 377. The SMILES string of the molecule is CC1CCN(C)C(N2NCC(C(=O)O)C2C(F)(F)F)C1. The molecule has 2 heterocycles. The van der Waals surface area contributed by atoms with Crippen molar-refractivity contribution in [1.82, 2.24) is 15.3 Å². The minimum absolute atomic E-state index is 0.182. The van der Waals surface area contributed by atoms with Gasteiger partial charge in [-0.2, -0.15) is 13.2 Å². The lowest BCUT2D eigenvalue weighted by Crippen LogP contribution is -2.60. The summed E-state index contributed by atoms with van der Waals surface area (Å²) in [5, 5.41) is 10.1. The summed E-state index contributed by atoms with van der Waals surface area (Å²) in [6, 6.07) is -1.97. The summed E-state index contributed by atoms with van der Waals surface area (Å²) in [7, 11) is 1.78. The van der Waals surface area contributed by atoms with Gasteiger partial charge in [0.2, 0.25) is 0 Å². The van der Waals surface area contributed by atoms with Crippen LogP contribution in [0.3, 0.4) is 0 Å². The molecular weight excluding hydrogens is 275 g/mol. The van der Waals surface area contributed by atoms with Crippen LogP contribution < -0.4 is 5.43 Å². The Kier molecular flexibility index (Phi) is 4.27. The number of piperidine rings is 1. The lowest BCUT2D eigenvalue weighted by atomic mass is 9.94. The summed E-state index contributed by atoms with van der Waals surface area (Å²) in [6.45, 7) is 2.54. The van der Waals surface area contributed by atoms with E-state index in [1.165, 1.54) is 0 Å². The number of rotatable bonds is 2. The van der Waals surface area contributed by atoms with E-state index in [0.29, 0.717) is 18.9 Å². The number of alkyl halides is 3. The normalized spacial score (nSPS) is 37.2. The molecule has 2 rings (SSSR count). The largest absolute Gasteiger partial charge is 0.481 e. The van der Waals surface area contributed by atoms with Gasteiger partial charge in [0, 0.05) is 6.54 Å². The molecule has 0 radical (unpaired) electrons. The van der Waals surface area contributed by atoms with Crippen molar-refractivity contribution in [3.8, 4) is 0 Å². The van der Waals surface area contributed by atoms with Gasteiger partial charge in [-0.15, -0.1) is 0 Å². The van der Waals surface area contributed by atoms with Gasteiger partial charge in [0.15, 0.2) is 0 Å². The molecule has 0 amide bonds. The molecule has 0 aliphatic carbocycles. The van der Waals surface area contributed by atoms with Gasteiger partial charge < -0.3 is 5.11 Å². The average molecular weight is 295 g/mol. The monoisotopic (exact) mass is 295 g/mol. The van der Waals surface area contributed by atoms with E-state index in [0.717, 1.165) is 11.4 Å². The molecule has 0 bridgehead atoms. The highest BCUT2D eigenvalue weighted by molar-refractivity contribution is 5.71. The maximum atomic E-state index is 13.2. The van der Waals surface area contributed by atoms with E-state index in [9.17, 15) is 18.0 Å². The minimum atomic E-state index is -4.56. The third-order valence-corrected chi connectivity index (χ3v) is 4.24. The summed E-state index contributed by atoms with van der Waals surface area (Å²) >= 11 is 0. The first-order chi connectivity index (χ1) is 9.21. The van der Waals surface area contributed by atoms with Crippen LogP contribution in [0.15, 0.2) is 0 Å². The number of hydrazine groups is 1. The van der Waals surface area contributed by atoms with Crippen LogP contribution in [0, 0.1) is 11.8 Å². The molecule has 2 aliphatic heterocycles. The first-order valence-corrected chi connectivity index (χ1v) is 6.73. The fraction of sp³-hybridized carbons (Fsp3) is 0.917. The number of halogens is 3. The average Bonchev–Trinajstić information content (AvgIpc) is 2.76. The van der Waals surface area contributed by atoms with Crippen LogP contribution >= 0.6 is 0 Å². The van der Waals surface area contributed by atoms with Gasteiger partial charge in [0.1, 0.15) is 6.04 Å². The fourth-order valence-corrected chi connectivity index (χ4v) is 3.06. The van der Waals surface area contributed by atoms with E-state index >= 15 is 0 Å². The van der Waals surface area contributed by atoms with E-state index in [-0.39, 0.29) is 6.54 Å². The molecular formula is C12H20F3N3O2. The predicted octanol–water partition coefficient (Wildman–Crippen LogP) is 1.13. The number of carboxylic acids is 1. The first-order valence-electron chi connectivity index (χ1n) is 6.73. The molecule has 0 aromatic heterocycles. The van der Waals surface area contributed by atoms with Crippen molar-refractivity contribution in [1.29, 1.82) is 0 Å². The zero-order valence-electron chi connectivity index (χ0n) is 11.5. The first kappa shape index (κ1) is 15.5. The molecule has 0 spiro atoms. The highest BCUT2D eigenvalue weighted by Crippen LogP contribution is 2.36. The lowest BCUT2D eigenvalue weighted by molar-refractivity contribution is -0.210. The van der Waals surface area contributed by atoms with Crippen molar-refractivity contribution in [2.24, 2.45) is 11.8 Å². The summed E-state index contributed by atoms with van der Waals surface area (Å²) < 4.78 is 39.7. The molecule has 2 N–H and O–H groups in total. The topological polar surface area (TPSA) is 55.8 Å². The van der Waals surface area contributed by atoms with Crippen LogP contribution in [0.5, 0.6) is 0 Å². The summed E-state index contributed by atoms with van der Waals surface area (Å²) in [5.74, 6) is -2.54. The van der Waals surface area contributed by atoms with Crippen LogP contribution in [-0.2, 0) is 4.79 Å². The van der Waals surface area contributed by atoms with Crippen molar-refractivity contribution >= 4 is 5.97 Å². The predicted molar refractivity (Wildman–Crippen MR) is 65.6 cm³/mol. The molecule has 2 saturated heterocycles. The Hall–Kier alpha value is -0.860. The van der Waals surface area contributed by atoms with E-state index in [2.05, 4.69) is 5.43 Å². The molecule has 0 saturated carbocycles. The van der Waals surface area contributed by atoms with Crippen LogP contribution in [0.4, 0.5) is 13.2 Å². The number of carbonyl (C=O) groups is 1. The molecule has 4 atom stereocenters. The van der Waals surface area contributed by atoms with Gasteiger partial charge in [-0.05, 0) is 32.4 Å². The van der Waals surface area contributed by atoms with E-state index < -0.39 is 30.3 Å². The molecule has 4 unspecified atom stereocenters. The van der Waals surface area contributed by atoms with Gasteiger partial charge in [-0.25, -0.2) is 5.01 Å². The summed E-state index contributed by atoms with van der Waals surface area (Å²) in [4.78, 5) is 12.9. The zero-order chi connectivity index (χ0) is 15.1. The highest BCUT2D eigenvalue weighted by atomic mass is 19.4. The Morgan fingerprint density at radius 2 is 2.05 bits per heavy atom. The molecule has 20 heavy (non-hydrogen) atoms. The standard InChI is InChI=1S/C12H20F3N3O2/c1-7-3-4-17(2)9(5-7)18-10(12(13,14)15)8(6-16-18)11(19)20/h7-10,16H,3-6H2,1-2H3,(H,19,20). The van der Waals surface area contributed by atoms with Crippen molar-refractivity contribution in [3.05, 3.63) is 0 Å². The minimum Gasteiger partial charge on any atom is -0.481 e. The lowest BCUT2D eigenvalue weighted by Gasteiger charge is -2.43. The molecule has 8 heteroatoms. The molecule has 0 aromatic rings. The second kappa shape index (κ2) is 5.50. The van der Waals surface area contributed by atoms with Crippen molar-refractivity contribution < 1.29 is 23.1 Å². The third kappa shape index (κ3) is 2.91. The maximum absolute atomic E-state index is 13.2. The van der Waals surface area contributed by atoms with E-state index in [1.807, 2.05) is 11.8 Å². The van der Waals surface area contributed by atoms with E-state index in [4.69, 9.17) is 5.11 Å².